The van der Waals surface area contributed by atoms with Crippen LogP contribution in [-0.2, 0) is 22.9 Å². The van der Waals surface area contributed by atoms with E-state index in [2.05, 4.69) is 16.3 Å². The lowest BCUT2D eigenvalue weighted by atomic mass is 10.2. The third-order valence-corrected chi connectivity index (χ3v) is 6.19. The summed E-state index contributed by atoms with van der Waals surface area (Å²) < 4.78 is 29.1. The second kappa shape index (κ2) is 5.74. The zero-order valence-electron chi connectivity index (χ0n) is 12.8. The molecule has 0 spiro atoms. The van der Waals surface area contributed by atoms with Gasteiger partial charge in [0.1, 0.15) is 11.5 Å². The molecule has 5 nitrogen and oxygen atoms in total. The Balaban J connectivity index is 1.60. The molecule has 1 atom stereocenters. The van der Waals surface area contributed by atoms with Gasteiger partial charge in [0, 0.05) is 30.7 Å². The maximum Gasteiger partial charge on any atom is 0.153 e. The zero-order chi connectivity index (χ0) is 15.0. The molecule has 1 aliphatic heterocycles. The van der Waals surface area contributed by atoms with E-state index in [1.807, 2.05) is 13.8 Å². The molecule has 0 aromatic carbocycles. The highest BCUT2D eigenvalue weighted by molar-refractivity contribution is 7.91. The molecule has 1 N–H and O–H groups in total. The number of furan rings is 1. The van der Waals surface area contributed by atoms with Crippen LogP contribution in [0.1, 0.15) is 36.8 Å². The SMILES string of the molecule is Cc1oc(CN2CCS(=O)(=O)CC2C)cc1CNC1CC1. The van der Waals surface area contributed by atoms with E-state index in [1.165, 1.54) is 18.4 Å². The van der Waals surface area contributed by atoms with Crippen molar-refractivity contribution in [3.05, 3.63) is 23.2 Å². The van der Waals surface area contributed by atoms with Crippen LogP contribution in [0.15, 0.2) is 10.5 Å². The first-order valence-electron chi connectivity index (χ1n) is 7.69. The van der Waals surface area contributed by atoms with Crippen LogP contribution in [0.25, 0.3) is 0 Å². The molecular weight excluding hydrogens is 288 g/mol. The number of hydrogen-bond donors (Lipinski definition) is 1. The molecule has 1 aromatic heterocycles. The maximum atomic E-state index is 11.6. The summed E-state index contributed by atoms with van der Waals surface area (Å²) in [5.74, 6) is 2.41. The van der Waals surface area contributed by atoms with Crippen molar-refractivity contribution in [2.24, 2.45) is 0 Å². The van der Waals surface area contributed by atoms with Gasteiger partial charge in [0.2, 0.25) is 0 Å². The summed E-state index contributed by atoms with van der Waals surface area (Å²) in [6.07, 6.45) is 2.56. The Morgan fingerprint density at radius 3 is 2.86 bits per heavy atom. The van der Waals surface area contributed by atoms with E-state index in [0.717, 1.165) is 18.1 Å². The number of aryl methyl sites for hydroxylation is 1. The lowest BCUT2D eigenvalue weighted by Gasteiger charge is -2.32. The van der Waals surface area contributed by atoms with Gasteiger partial charge < -0.3 is 9.73 Å². The molecule has 118 valence electrons. The third kappa shape index (κ3) is 3.87. The molecule has 0 bridgehead atoms. The van der Waals surface area contributed by atoms with Gasteiger partial charge in [0.05, 0.1) is 18.1 Å². The predicted molar refractivity (Wildman–Crippen MR) is 81.8 cm³/mol. The number of nitrogens with one attached hydrogen (secondary N) is 1. The van der Waals surface area contributed by atoms with Gasteiger partial charge in [0.15, 0.2) is 9.84 Å². The van der Waals surface area contributed by atoms with Crippen LogP contribution in [0.5, 0.6) is 0 Å². The largest absolute Gasteiger partial charge is 0.465 e. The first-order chi connectivity index (χ1) is 9.93. The van der Waals surface area contributed by atoms with E-state index >= 15 is 0 Å². The standard InChI is InChI=1S/C15H24N2O3S/c1-11-10-21(18,19)6-5-17(11)9-15-7-13(12(2)20-15)8-16-14-3-4-14/h7,11,14,16H,3-6,8-10H2,1-2H3. The van der Waals surface area contributed by atoms with Crippen molar-refractivity contribution < 1.29 is 12.8 Å². The quantitative estimate of drug-likeness (QED) is 0.892. The highest BCUT2D eigenvalue weighted by atomic mass is 32.2. The molecule has 0 amide bonds. The average molecular weight is 312 g/mol. The molecule has 1 aliphatic carbocycles. The second-order valence-electron chi connectivity index (χ2n) is 6.38. The van der Waals surface area contributed by atoms with Crippen LogP contribution in [0.4, 0.5) is 0 Å². The van der Waals surface area contributed by atoms with Gasteiger partial charge in [-0.25, -0.2) is 8.42 Å². The van der Waals surface area contributed by atoms with Gasteiger partial charge in [-0.05, 0) is 32.8 Å². The highest BCUT2D eigenvalue weighted by Crippen LogP contribution is 2.22. The van der Waals surface area contributed by atoms with Crippen molar-refractivity contribution in [3.8, 4) is 0 Å². The Labute approximate surface area is 126 Å². The first-order valence-corrected chi connectivity index (χ1v) is 9.51. The Bertz CT molecular complexity index is 604. The fourth-order valence-corrected chi connectivity index (χ4v) is 4.48. The number of nitrogens with zero attached hydrogens (tertiary/aromatic N) is 1. The van der Waals surface area contributed by atoms with Crippen LogP contribution < -0.4 is 5.32 Å². The molecule has 3 rings (SSSR count). The van der Waals surface area contributed by atoms with Crippen molar-refractivity contribution >= 4 is 9.84 Å². The third-order valence-electron chi connectivity index (χ3n) is 4.40. The molecule has 1 unspecified atom stereocenters. The smallest absolute Gasteiger partial charge is 0.153 e. The summed E-state index contributed by atoms with van der Waals surface area (Å²) in [4.78, 5) is 2.19. The van der Waals surface area contributed by atoms with E-state index in [9.17, 15) is 8.42 Å². The van der Waals surface area contributed by atoms with Gasteiger partial charge in [-0.2, -0.15) is 0 Å². The molecule has 1 saturated carbocycles. The molecule has 2 aliphatic rings. The van der Waals surface area contributed by atoms with Crippen molar-refractivity contribution in [3.63, 3.8) is 0 Å². The minimum atomic E-state index is -2.85. The van der Waals surface area contributed by atoms with Crippen LogP contribution in [0.3, 0.4) is 0 Å². The summed E-state index contributed by atoms with van der Waals surface area (Å²) in [6, 6.07) is 2.86. The normalized spacial score (nSPS) is 26.1. The molecule has 21 heavy (non-hydrogen) atoms. The minimum Gasteiger partial charge on any atom is -0.465 e. The van der Waals surface area contributed by atoms with Gasteiger partial charge in [-0.1, -0.05) is 0 Å². The van der Waals surface area contributed by atoms with E-state index in [-0.39, 0.29) is 17.5 Å². The Kier molecular flexibility index (Phi) is 4.12. The topological polar surface area (TPSA) is 62.6 Å². The summed E-state index contributed by atoms with van der Waals surface area (Å²) >= 11 is 0. The summed E-state index contributed by atoms with van der Waals surface area (Å²) in [5.41, 5.74) is 1.22. The first kappa shape index (κ1) is 15.1. The lowest BCUT2D eigenvalue weighted by molar-refractivity contribution is 0.200. The van der Waals surface area contributed by atoms with Crippen molar-refractivity contribution in [1.82, 2.24) is 10.2 Å². The number of rotatable bonds is 5. The fourth-order valence-electron chi connectivity index (χ4n) is 2.85. The molecule has 2 heterocycles. The van der Waals surface area contributed by atoms with Crippen molar-refractivity contribution in [1.29, 1.82) is 0 Å². The van der Waals surface area contributed by atoms with Crippen LogP contribution in [0, 0.1) is 6.92 Å². The molecule has 6 heteroatoms. The van der Waals surface area contributed by atoms with Gasteiger partial charge in [-0.3, -0.25) is 4.90 Å². The highest BCUT2D eigenvalue weighted by Gasteiger charge is 2.29. The van der Waals surface area contributed by atoms with E-state index in [1.54, 1.807) is 0 Å². The van der Waals surface area contributed by atoms with E-state index < -0.39 is 9.84 Å². The molecular formula is C15H24N2O3S. The Morgan fingerprint density at radius 1 is 1.43 bits per heavy atom. The summed E-state index contributed by atoms with van der Waals surface area (Å²) in [5, 5.41) is 3.50. The van der Waals surface area contributed by atoms with Crippen molar-refractivity contribution in [2.45, 2.75) is 51.9 Å². The van der Waals surface area contributed by atoms with Crippen molar-refractivity contribution in [2.75, 3.05) is 18.1 Å². The van der Waals surface area contributed by atoms with Crippen LogP contribution in [-0.4, -0.2) is 43.5 Å². The number of hydrogen-bond acceptors (Lipinski definition) is 5. The van der Waals surface area contributed by atoms with Gasteiger partial charge in [-0.15, -0.1) is 0 Å². The molecule has 0 radical (unpaired) electrons. The molecule has 1 aromatic rings. The number of sulfone groups is 1. The summed E-state index contributed by atoms with van der Waals surface area (Å²) in [7, 11) is -2.85. The van der Waals surface area contributed by atoms with E-state index in [4.69, 9.17) is 4.42 Å². The molecule has 2 fully saturated rings. The van der Waals surface area contributed by atoms with Crippen LogP contribution in [0.2, 0.25) is 0 Å². The van der Waals surface area contributed by atoms with Gasteiger partial charge in [0.25, 0.3) is 0 Å². The maximum absolute atomic E-state index is 11.6. The Morgan fingerprint density at radius 2 is 2.19 bits per heavy atom. The van der Waals surface area contributed by atoms with Crippen LogP contribution >= 0.6 is 0 Å². The monoisotopic (exact) mass is 312 g/mol. The minimum absolute atomic E-state index is 0.0576. The Hall–Kier alpha value is -0.850. The second-order valence-corrected chi connectivity index (χ2v) is 8.61. The zero-order valence-corrected chi connectivity index (χ0v) is 13.6. The summed E-state index contributed by atoms with van der Waals surface area (Å²) in [6.45, 7) is 6.13. The fraction of sp³-hybridized carbons (Fsp3) is 0.733. The average Bonchev–Trinajstić information content (AvgIpc) is 3.15. The predicted octanol–water partition coefficient (Wildman–Crippen LogP) is 1.46. The molecule has 1 saturated heterocycles. The lowest BCUT2D eigenvalue weighted by Crippen LogP contribution is -2.46. The van der Waals surface area contributed by atoms with Gasteiger partial charge >= 0.3 is 0 Å². The van der Waals surface area contributed by atoms with E-state index in [0.29, 0.717) is 19.1 Å².